The molecule has 0 aliphatic carbocycles. The molecule has 0 unspecified atom stereocenters. The fourth-order valence-electron chi connectivity index (χ4n) is 13.7. The summed E-state index contributed by atoms with van der Waals surface area (Å²) in [6, 6.07) is 7.82. The first-order chi connectivity index (χ1) is 49.8. The molecule has 3 aromatic carbocycles. The Morgan fingerprint density at radius 1 is 0.413 bits per heavy atom. The highest BCUT2D eigenvalue weighted by atomic mass is 35.5. The second-order valence-electron chi connectivity index (χ2n) is 28.8. The number of aryl methyl sites for hydroxylation is 6. The number of allylic oxidation sites excluding steroid dienone is 9. The molecular weight excluding hydrogens is 1360 g/mol. The van der Waals surface area contributed by atoms with Crippen LogP contribution in [-0.4, -0.2) is 145 Å². The normalized spacial score (nSPS) is 23.6. The third-order valence-electron chi connectivity index (χ3n) is 19.2. The zero-order valence-electron chi connectivity index (χ0n) is 63.8. The summed E-state index contributed by atoms with van der Waals surface area (Å²) in [6.45, 7) is 27.8. The van der Waals surface area contributed by atoms with E-state index < -0.39 is 11.9 Å². The predicted molar refractivity (Wildman–Crippen MR) is 415 cm³/mol. The number of ether oxygens (including phenoxy) is 3. The summed E-state index contributed by atoms with van der Waals surface area (Å²) in [5.74, 6) is -1.23. The average molecular weight is 1470 g/mol. The Kier molecular flexibility index (Phi) is 34.2. The first-order valence-electron chi connectivity index (χ1n) is 37.5. The Labute approximate surface area is 628 Å². The SMILES string of the molecule is C/C1=C\C(=N/OCC(=O)N2CCCCC2)Cc2c(Cl)c(C)cc(C)c2C(=O)O[C@H](C)C/C=C/CC1.C/C1=C\C(=N/OCC(=O)N2CCCCC2)Cc2cc(C)cc(C)c2C(=O)O[C@H](C)C/C=C/CC1.C/C1=C\C(=N\OCC(=O)N2CCCCC2)Cc2c(Cl)c(C)cc(C)c2C(=O)O[C@H](C)C/C=C/CC1. The third-order valence-corrected chi connectivity index (χ3v) is 20.2. The van der Waals surface area contributed by atoms with Gasteiger partial charge in [0.25, 0.3) is 17.7 Å². The maximum absolute atomic E-state index is 13.2. The Morgan fingerprint density at radius 2 is 0.721 bits per heavy atom. The number of amides is 3. The quantitative estimate of drug-likeness (QED) is 0.0849. The van der Waals surface area contributed by atoms with Crippen LogP contribution in [0.4, 0.5) is 0 Å². The average Bonchev–Trinajstić information content (AvgIpc) is 0.804. The van der Waals surface area contributed by atoms with Gasteiger partial charge in [0, 0.05) is 87.8 Å². The largest absolute Gasteiger partial charge is 0.459 e. The van der Waals surface area contributed by atoms with Crippen LogP contribution in [0.5, 0.6) is 0 Å². The molecule has 20 heteroatoms. The molecule has 0 bridgehead atoms. The Bertz CT molecular complexity index is 3620. The topological polar surface area (TPSA) is 205 Å². The van der Waals surface area contributed by atoms with E-state index in [0.29, 0.717) is 93.5 Å². The highest BCUT2D eigenvalue weighted by Crippen LogP contribution is 2.33. The minimum Gasteiger partial charge on any atom is -0.459 e. The molecule has 3 saturated heterocycles. The molecule has 564 valence electrons. The van der Waals surface area contributed by atoms with Gasteiger partial charge in [0.05, 0.1) is 33.8 Å². The lowest BCUT2D eigenvalue weighted by molar-refractivity contribution is -0.137. The lowest BCUT2D eigenvalue weighted by Crippen LogP contribution is -2.37. The molecule has 3 atom stereocenters. The molecule has 3 aromatic rings. The van der Waals surface area contributed by atoms with Gasteiger partial charge in [-0.05, 0) is 242 Å². The molecule has 18 nitrogen and oxygen atoms in total. The van der Waals surface area contributed by atoms with Gasteiger partial charge in [0.2, 0.25) is 0 Å². The van der Waals surface area contributed by atoms with E-state index in [0.717, 1.165) is 179 Å². The Morgan fingerprint density at radius 3 is 1.06 bits per heavy atom. The van der Waals surface area contributed by atoms with Gasteiger partial charge in [0.15, 0.2) is 19.8 Å². The van der Waals surface area contributed by atoms with Crippen LogP contribution in [0.3, 0.4) is 0 Å². The number of piperidine rings is 3. The number of carbonyl (C=O) groups excluding carboxylic acids is 6. The molecule has 3 fully saturated rings. The molecular formula is C84H112Cl2N6O12. The predicted octanol–water partition coefficient (Wildman–Crippen LogP) is 17.7. The van der Waals surface area contributed by atoms with E-state index in [1.807, 2.05) is 120 Å². The van der Waals surface area contributed by atoms with Crippen LogP contribution < -0.4 is 0 Å². The number of nitrogens with zero attached hydrogens (tertiary/aromatic N) is 6. The molecule has 0 N–H and O–H groups in total. The molecule has 0 aromatic heterocycles. The second kappa shape index (κ2) is 42.8. The molecule has 3 amide bonds. The molecule has 6 aliphatic heterocycles. The molecule has 104 heavy (non-hydrogen) atoms. The summed E-state index contributed by atoms with van der Waals surface area (Å²) in [5, 5.41) is 14.1. The number of halogens is 2. The zero-order chi connectivity index (χ0) is 75.2. The van der Waals surface area contributed by atoms with Gasteiger partial charge >= 0.3 is 17.9 Å². The number of cyclic esters (lactones) is 3. The number of hydrogen-bond acceptors (Lipinski definition) is 15. The van der Waals surface area contributed by atoms with Gasteiger partial charge in [-0.2, -0.15) is 0 Å². The van der Waals surface area contributed by atoms with Gasteiger partial charge in [-0.25, -0.2) is 14.4 Å². The van der Waals surface area contributed by atoms with Crippen molar-refractivity contribution in [2.75, 3.05) is 59.1 Å². The maximum atomic E-state index is 13.2. The smallest absolute Gasteiger partial charge is 0.339 e. The molecule has 0 saturated carbocycles. The number of benzene rings is 3. The molecule has 0 radical (unpaired) electrons. The van der Waals surface area contributed by atoms with Crippen LogP contribution in [0.25, 0.3) is 0 Å². The number of esters is 3. The summed E-state index contributed by atoms with van der Waals surface area (Å²) in [4.78, 5) is 99.1. The molecule has 0 spiro atoms. The molecule has 6 heterocycles. The van der Waals surface area contributed by atoms with Crippen LogP contribution in [0.2, 0.25) is 10.0 Å². The zero-order valence-corrected chi connectivity index (χ0v) is 65.3. The summed E-state index contributed by atoms with van der Waals surface area (Å²) < 4.78 is 17.2. The van der Waals surface area contributed by atoms with E-state index in [-0.39, 0.29) is 61.8 Å². The minimum absolute atomic E-state index is 0.0274. The highest BCUT2D eigenvalue weighted by Gasteiger charge is 2.28. The third kappa shape index (κ3) is 26.8. The number of hydrogen-bond donors (Lipinski definition) is 0. The van der Waals surface area contributed by atoms with Crippen molar-refractivity contribution >= 4 is 76.0 Å². The van der Waals surface area contributed by atoms with Gasteiger partial charge in [-0.3, -0.25) is 14.4 Å². The van der Waals surface area contributed by atoms with E-state index in [1.54, 1.807) is 0 Å². The summed E-state index contributed by atoms with van der Waals surface area (Å²) in [7, 11) is 0. The van der Waals surface area contributed by atoms with Crippen molar-refractivity contribution in [1.82, 2.24) is 14.7 Å². The van der Waals surface area contributed by atoms with Crippen LogP contribution in [0.15, 0.2) is 111 Å². The maximum Gasteiger partial charge on any atom is 0.339 e. The van der Waals surface area contributed by atoms with E-state index in [4.69, 9.17) is 51.9 Å². The van der Waals surface area contributed by atoms with Crippen molar-refractivity contribution in [2.45, 2.75) is 236 Å². The van der Waals surface area contributed by atoms with E-state index in [1.165, 1.54) is 12.0 Å². The van der Waals surface area contributed by atoms with Gasteiger partial charge in [-0.1, -0.05) is 122 Å². The number of carbonyl (C=O) groups is 6. The fourth-order valence-corrected chi connectivity index (χ4v) is 14.1. The van der Waals surface area contributed by atoms with Crippen molar-refractivity contribution in [3.05, 3.63) is 172 Å². The van der Waals surface area contributed by atoms with Crippen molar-refractivity contribution < 1.29 is 57.5 Å². The lowest BCUT2D eigenvalue weighted by atomic mass is 9.94. The Balaban J connectivity index is 0.000000218. The standard InChI is InChI=1S/2C28H37ClN2O4.C28H38N2O4/c2*1-19-11-7-5-8-12-22(4)35-28(33)26-20(2)16-21(3)27(29)24(26)17-23(15-19)30-34-18-25(32)31-13-9-6-10-14-31;1-20-11-7-5-8-12-23(4)34-28(32)27-22(3)15-21(2)16-24(27)18-25(17-20)29-33-19-26(31)30-13-9-6-10-14-30/h2*5,8,15-16,22H,6-7,9-14,17-18H2,1-4H3;5,8,15-17,23H,6-7,9-14,18-19H2,1-4H3/b8-5+,19-15+,30-23+;8-5+,19-15+,30-23-;8-5+,20-17+,29-25+/t2*22-;23-/m111/s1. The molecule has 9 rings (SSSR count). The van der Waals surface area contributed by atoms with E-state index >= 15 is 0 Å². The number of oxime groups is 3. The van der Waals surface area contributed by atoms with Crippen LogP contribution in [-0.2, 0) is 62.4 Å². The molecule has 6 aliphatic rings. The van der Waals surface area contributed by atoms with E-state index in [2.05, 4.69) is 72.7 Å². The van der Waals surface area contributed by atoms with Crippen molar-refractivity contribution in [2.24, 2.45) is 15.5 Å². The van der Waals surface area contributed by atoms with Gasteiger partial charge in [0.1, 0.15) is 18.3 Å². The van der Waals surface area contributed by atoms with Gasteiger partial charge in [-0.15, -0.1) is 0 Å². The summed E-state index contributed by atoms with van der Waals surface area (Å²) in [5.41, 5.74) is 14.4. The minimum atomic E-state index is -0.390. The number of rotatable bonds is 9. The monoisotopic (exact) mass is 1470 g/mol. The second-order valence-corrected chi connectivity index (χ2v) is 29.5. The van der Waals surface area contributed by atoms with Crippen LogP contribution in [0, 0.1) is 41.5 Å². The highest BCUT2D eigenvalue weighted by molar-refractivity contribution is 6.33. The summed E-state index contributed by atoms with van der Waals surface area (Å²) in [6.07, 6.45) is 35.8. The summed E-state index contributed by atoms with van der Waals surface area (Å²) >= 11 is 13.5. The van der Waals surface area contributed by atoms with Crippen LogP contribution in [0.1, 0.15) is 238 Å². The number of likely N-dealkylation sites (tertiary alicyclic amines) is 3. The first kappa shape index (κ1) is 83.2. The van der Waals surface area contributed by atoms with Crippen molar-refractivity contribution in [3.8, 4) is 0 Å². The Hall–Kier alpha value is -8.09. The van der Waals surface area contributed by atoms with Crippen molar-refractivity contribution in [1.29, 1.82) is 0 Å². The fraction of sp³-hybridized carbons (Fsp3) is 0.536. The van der Waals surface area contributed by atoms with Crippen molar-refractivity contribution in [3.63, 3.8) is 0 Å². The first-order valence-corrected chi connectivity index (χ1v) is 38.3. The van der Waals surface area contributed by atoms with Gasteiger partial charge < -0.3 is 43.4 Å². The van der Waals surface area contributed by atoms with Crippen LogP contribution >= 0.6 is 23.2 Å². The van der Waals surface area contributed by atoms with E-state index in [9.17, 15) is 28.8 Å². The lowest BCUT2D eigenvalue weighted by Gasteiger charge is -2.26. The number of fused-ring (bicyclic) bond motifs is 3.